The van der Waals surface area contributed by atoms with Gasteiger partial charge in [0, 0.05) is 18.7 Å². The summed E-state index contributed by atoms with van der Waals surface area (Å²) in [5, 5.41) is 0. The molecular formula is C15H22N2O2. The minimum Gasteiger partial charge on any atom is -0.489 e. The Morgan fingerprint density at radius 3 is 2.53 bits per heavy atom. The van der Waals surface area contributed by atoms with Crippen LogP contribution in [0.4, 0.5) is 5.69 Å². The maximum absolute atomic E-state index is 12.3. The molecule has 1 amide bonds. The van der Waals surface area contributed by atoms with Gasteiger partial charge >= 0.3 is 0 Å². The number of ether oxygens (including phenoxy) is 1. The van der Waals surface area contributed by atoms with Crippen LogP contribution in [-0.2, 0) is 0 Å². The maximum atomic E-state index is 12.3. The number of nitrogen functional groups attached to an aromatic ring is 1. The van der Waals surface area contributed by atoms with E-state index < -0.39 is 0 Å². The number of nitrogens with two attached hydrogens (primary N) is 1. The number of hydrogen-bond acceptors (Lipinski definition) is 3. The molecule has 2 N–H and O–H groups in total. The van der Waals surface area contributed by atoms with Crippen LogP contribution in [0.1, 0.15) is 43.5 Å². The zero-order valence-electron chi connectivity index (χ0n) is 11.7. The number of carbonyl (C=O) groups excluding carboxylic acids is 1. The van der Waals surface area contributed by atoms with Crippen LogP contribution in [0.5, 0.6) is 5.75 Å². The van der Waals surface area contributed by atoms with Gasteiger partial charge in [0.1, 0.15) is 5.75 Å². The highest BCUT2D eigenvalue weighted by molar-refractivity contribution is 5.95. The molecule has 0 aliphatic carbocycles. The van der Waals surface area contributed by atoms with Crippen molar-refractivity contribution in [1.29, 1.82) is 0 Å². The molecule has 0 radical (unpaired) electrons. The van der Waals surface area contributed by atoms with Crippen molar-refractivity contribution in [2.24, 2.45) is 0 Å². The number of benzene rings is 1. The molecular weight excluding hydrogens is 240 g/mol. The van der Waals surface area contributed by atoms with Gasteiger partial charge in [0.2, 0.25) is 0 Å². The van der Waals surface area contributed by atoms with Crippen molar-refractivity contribution >= 4 is 11.6 Å². The summed E-state index contributed by atoms with van der Waals surface area (Å²) in [7, 11) is 0. The highest BCUT2D eigenvalue weighted by Crippen LogP contribution is 2.25. The fraction of sp³-hybridized carbons (Fsp3) is 0.533. The van der Waals surface area contributed by atoms with E-state index >= 15 is 0 Å². The van der Waals surface area contributed by atoms with E-state index in [1.54, 1.807) is 18.2 Å². The monoisotopic (exact) mass is 262 g/mol. The third-order valence-electron chi connectivity index (χ3n) is 3.26. The van der Waals surface area contributed by atoms with E-state index in [1.165, 1.54) is 6.42 Å². The summed E-state index contributed by atoms with van der Waals surface area (Å²) in [6, 6.07) is 5.30. The van der Waals surface area contributed by atoms with Crippen molar-refractivity contribution < 1.29 is 9.53 Å². The Morgan fingerprint density at radius 1 is 1.26 bits per heavy atom. The molecule has 1 aliphatic rings. The van der Waals surface area contributed by atoms with E-state index in [2.05, 4.69) is 0 Å². The van der Waals surface area contributed by atoms with E-state index in [9.17, 15) is 4.79 Å². The first-order valence-electron chi connectivity index (χ1n) is 6.93. The Bertz CT molecular complexity index is 451. The average Bonchev–Trinajstić information content (AvgIpc) is 2.41. The molecule has 0 aromatic heterocycles. The summed E-state index contributed by atoms with van der Waals surface area (Å²) in [4.78, 5) is 14.2. The van der Waals surface area contributed by atoms with Crippen LogP contribution in [0.2, 0.25) is 0 Å². The second kappa shape index (κ2) is 5.95. The molecule has 4 nitrogen and oxygen atoms in total. The van der Waals surface area contributed by atoms with Crippen molar-refractivity contribution in [3.8, 4) is 5.75 Å². The first-order valence-corrected chi connectivity index (χ1v) is 6.93. The fourth-order valence-corrected chi connectivity index (χ4v) is 2.32. The highest BCUT2D eigenvalue weighted by atomic mass is 16.5. The van der Waals surface area contributed by atoms with Crippen LogP contribution >= 0.6 is 0 Å². The van der Waals surface area contributed by atoms with Crippen molar-refractivity contribution in [2.75, 3.05) is 18.8 Å². The maximum Gasteiger partial charge on any atom is 0.253 e. The molecule has 1 aromatic carbocycles. The lowest BCUT2D eigenvalue weighted by molar-refractivity contribution is 0.0724. The topological polar surface area (TPSA) is 55.6 Å². The molecule has 2 rings (SSSR count). The number of carbonyl (C=O) groups is 1. The number of hydrogen-bond donors (Lipinski definition) is 1. The summed E-state index contributed by atoms with van der Waals surface area (Å²) in [6.45, 7) is 5.60. The summed E-state index contributed by atoms with van der Waals surface area (Å²) in [5.74, 6) is 0.715. The quantitative estimate of drug-likeness (QED) is 0.852. The van der Waals surface area contributed by atoms with Crippen molar-refractivity contribution in [3.05, 3.63) is 23.8 Å². The lowest BCUT2D eigenvalue weighted by atomic mass is 10.1. The Kier molecular flexibility index (Phi) is 4.30. The summed E-state index contributed by atoms with van der Waals surface area (Å²) in [6.07, 6.45) is 3.48. The van der Waals surface area contributed by atoms with Crippen LogP contribution in [0.15, 0.2) is 18.2 Å². The third kappa shape index (κ3) is 3.40. The number of likely N-dealkylation sites (tertiary alicyclic amines) is 1. The van der Waals surface area contributed by atoms with Gasteiger partial charge in [-0.15, -0.1) is 0 Å². The van der Waals surface area contributed by atoms with Crippen LogP contribution in [-0.4, -0.2) is 30.0 Å². The number of anilines is 1. The second-order valence-electron chi connectivity index (χ2n) is 5.27. The fourth-order valence-electron chi connectivity index (χ4n) is 2.32. The Hall–Kier alpha value is -1.71. The van der Waals surface area contributed by atoms with E-state index in [0.29, 0.717) is 17.0 Å². The zero-order chi connectivity index (χ0) is 13.8. The van der Waals surface area contributed by atoms with Gasteiger partial charge in [-0.05, 0) is 51.3 Å². The Morgan fingerprint density at radius 2 is 1.95 bits per heavy atom. The third-order valence-corrected chi connectivity index (χ3v) is 3.26. The Labute approximate surface area is 114 Å². The van der Waals surface area contributed by atoms with Crippen LogP contribution < -0.4 is 10.5 Å². The predicted octanol–water partition coefficient (Wildman–Crippen LogP) is 2.68. The lowest BCUT2D eigenvalue weighted by Gasteiger charge is -2.27. The van der Waals surface area contributed by atoms with Gasteiger partial charge in [0.25, 0.3) is 5.91 Å². The van der Waals surface area contributed by atoms with E-state index in [1.807, 2.05) is 18.7 Å². The minimum absolute atomic E-state index is 0.0718. The first-order chi connectivity index (χ1) is 9.08. The van der Waals surface area contributed by atoms with Gasteiger partial charge in [-0.3, -0.25) is 4.79 Å². The number of rotatable bonds is 3. The molecule has 0 spiro atoms. The summed E-state index contributed by atoms with van der Waals surface area (Å²) >= 11 is 0. The smallest absolute Gasteiger partial charge is 0.253 e. The van der Waals surface area contributed by atoms with Crippen LogP contribution in [0, 0.1) is 0 Å². The summed E-state index contributed by atoms with van der Waals surface area (Å²) in [5.41, 5.74) is 7.11. The minimum atomic E-state index is 0.0718. The Balaban J connectivity index is 2.12. The first kappa shape index (κ1) is 13.7. The summed E-state index contributed by atoms with van der Waals surface area (Å²) < 4.78 is 5.58. The van der Waals surface area contributed by atoms with Crippen molar-refractivity contribution in [3.63, 3.8) is 0 Å². The van der Waals surface area contributed by atoms with E-state index in [4.69, 9.17) is 10.5 Å². The predicted molar refractivity (Wildman–Crippen MR) is 76.4 cm³/mol. The average molecular weight is 262 g/mol. The van der Waals surface area contributed by atoms with E-state index in [-0.39, 0.29) is 12.0 Å². The van der Waals surface area contributed by atoms with Gasteiger partial charge in [0.05, 0.1) is 11.8 Å². The van der Waals surface area contributed by atoms with Crippen molar-refractivity contribution in [1.82, 2.24) is 4.90 Å². The van der Waals surface area contributed by atoms with Crippen LogP contribution in [0.3, 0.4) is 0 Å². The number of nitrogens with zero attached hydrogens (tertiary/aromatic N) is 1. The number of amides is 1. The molecule has 0 bridgehead atoms. The van der Waals surface area contributed by atoms with Gasteiger partial charge in [0.15, 0.2) is 0 Å². The largest absolute Gasteiger partial charge is 0.489 e. The number of piperidine rings is 1. The highest BCUT2D eigenvalue weighted by Gasteiger charge is 2.19. The zero-order valence-corrected chi connectivity index (χ0v) is 11.7. The van der Waals surface area contributed by atoms with E-state index in [0.717, 1.165) is 25.9 Å². The molecule has 4 heteroatoms. The van der Waals surface area contributed by atoms with Gasteiger partial charge < -0.3 is 15.4 Å². The molecule has 0 atom stereocenters. The molecule has 1 aromatic rings. The van der Waals surface area contributed by atoms with Gasteiger partial charge in [-0.2, -0.15) is 0 Å². The molecule has 0 unspecified atom stereocenters. The molecule has 19 heavy (non-hydrogen) atoms. The molecule has 1 fully saturated rings. The standard InChI is InChI=1S/C15H22N2O2/c1-11(2)19-14-7-6-12(10-13(14)16)15(18)17-8-4-3-5-9-17/h6-7,10-11H,3-5,8-9,16H2,1-2H3. The molecule has 1 saturated heterocycles. The lowest BCUT2D eigenvalue weighted by Crippen LogP contribution is -2.35. The van der Waals surface area contributed by atoms with Gasteiger partial charge in [-0.1, -0.05) is 0 Å². The molecule has 104 valence electrons. The molecule has 1 aliphatic heterocycles. The normalized spacial score (nSPS) is 15.6. The molecule has 1 heterocycles. The van der Waals surface area contributed by atoms with Gasteiger partial charge in [-0.25, -0.2) is 0 Å². The van der Waals surface area contributed by atoms with Crippen LogP contribution in [0.25, 0.3) is 0 Å². The SMILES string of the molecule is CC(C)Oc1ccc(C(=O)N2CCCCC2)cc1N. The van der Waals surface area contributed by atoms with Crippen molar-refractivity contribution in [2.45, 2.75) is 39.2 Å². The molecule has 0 saturated carbocycles. The second-order valence-corrected chi connectivity index (χ2v) is 5.27.